The highest BCUT2D eigenvalue weighted by Crippen LogP contribution is 2.44. The van der Waals surface area contributed by atoms with Crippen molar-refractivity contribution in [3.63, 3.8) is 0 Å². The normalized spacial score (nSPS) is 25.4. The van der Waals surface area contributed by atoms with E-state index in [0.717, 1.165) is 37.9 Å². The first-order chi connectivity index (χ1) is 14.2. The van der Waals surface area contributed by atoms with Crippen molar-refractivity contribution in [2.24, 2.45) is 11.3 Å². The van der Waals surface area contributed by atoms with Gasteiger partial charge in [-0.05, 0) is 63.0 Å². The first-order valence-electron chi connectivity index (χ1n) is 10.9. The van der Waals surface area contributed by atoms with Crippen LogP contribution in [0.4, 0.5) is 4.39 Å². The number of hydrogen-bond donors (Lipinski definition) is 1. The molecule has 1 saturated heterocycles. The molecule has 0 aromatic heterocycles. The summed E-state index contributed by atoms with van der Waals surface area (Å²) >= 11 is 0. The summed E-state index contributed by atoms with van der Waals surface area (Å²) in [4.78, 5) is 2.22. The molecule has 6 heteroatoms. The minimum atomic E-state index is -3.35. The molecule has 0 spiro atoms. The minimum absolute atomic E-state index is 0.0374. The van der Waals surface area contributed by atoms with Gasteiger partial charge in [0.2, 0.25) is 10.0 Å². The number of hydrogen-bond acceptors (Lipinski definition) is 3. The maximum Gasteiger partial charge on any atom is 0.209 e. The Hall–Kier alpha value is -1.84. The number of likely N-dealkylation sites (tertiary alicyclic amines) is 1. The van der Waals surface area contributed by atoms with E-state index in [4.69, 9.17) is 0 Å². The Morgan fingerprint density at radius 3 is 2.67 bits per heavy atom. The monoisotopic (exact) mass is 430 g/mol. The fourth-order valence-electron chi connectivity index (χ4n) is 4.44. The van der Waals surface area contributed by atoms with Gasteiger partial charge in [0, 0.05) is 29.7 Å². The van der Waals surface area contributed by atoms with Crippen molar-refractivity contribution >= 4 is 10.0 Å². The van der Waals surface area contributed by atoms with E-state index in [1.165, 1.54) is 12.7 Å². The van der Waals surface area contributed by atoms with E-state index < -0.39 is 10.0 Å². The maximum atomic E-state index is 15.3. The highest BCUT2D eigenvalue weighted by molar-refractivity contribution is 7.88. The van der Waals surface area contributed by atoms with E-state index in [0.29, 0.717) is 29.9 Å². The van der Waals surface area contributed by atoms with Crippen molar-refractivity contribution < 1.29 is 12.8 Å². The Bertz CT molecular complexity index is 1000. The first-order valence-corrected chi connectivity index (χ1v) is 12.8. The lowest BCUT2D eigenvalue weighted by molar-refractivity contribution is 0.224. The molecule has 1 aromatic rings. The van der Waals surface area contributed by atoms with E-state index in [9.17, 15) is 8.42 Å². The molecule has 4 nitrogen and oxygen atoms in total. The van der Waals surface area contributed by atoms with Crippen LogP contribution in [0.2, 0.25) is 0 Å². The van der Waals surface area contributed by atoms with E-state index in [1.807, 2.05) is 6.07 Å². The molecule has 1 aliphatic heterocycles. The van der Waals surface area contributed by atoms with E-state index in [-0.39, 0.29) is 23.3 Å². The SMILES string of the molecule is C=C(C1CCC1)N1CCC(NS(C)(=O)=O)C1Cc1cccc(C#CC2(C)CC2)c1F. The molecular weight excluding hydrogens is 399 g/mol. The van der Waals surface area contributed by atoms with Crippen LogP contribution in [0.3, 0.4) is 0 Å². The summed E-state index contributed by atoms with van der Waals surface area (Å²) in [6.07, 6.45) is 7.92. The number of benzene rings is 1. The topological polar surface area (TPSA) is 49.4 Å². The summed E-state index contributed by atoms with van der Waals surface area (Å²) < 4.78 is 41.9. The molecule has 3 aliphatic rings. The number of halogens is 1. The molecule has 30 heavy (non-hydrogen) atoms. The summed E-state index contributed by atoms with van der Waals surface area (Å²) in [5, 5.41) is 0. The van der Waals surface area contributed by atoms with Crippen LogP contribution in [0.15, 0.2) is 30.5 Å². The second kappa shape index (κ2) is 8.01. The number of allylic oxidation sites excluding steroid dienone is 1. The van der Waals surface area contributed by atoms with Crippen molar-refractivity contribution in [2.45, 2.75) is 64.0 Å². The Balaban J connectivity index is 1.59. The predicted octanol–water partition coefficient (Wildman–Crippen LogP) is 3.83. The van der Waals surface area contributed by atoms with Crippen LogP contribution >= 0.6 is 0 Å². The largest absolute Gasteiger partial charge is 0.370 e. The maximum absolute atomic E-state index is 15.3. The molecular formula is C24H31FN2O2S. The smallest absolute Gasteiger partial charge is 0.209 e. The second-order valence-electron chi connectivity index (χ2n) is 9.46. The summed E-state index contributed by atoms with van der Waals surface area (Å²) in [6.45, 7) is 7.16. The average Bonchev–Trinajstić information content (AvgIpc) is 3.23. The standard InChI is InChI=1S/C24H31FN2O2S/c1-17(18-6-4-7-18)27-15-11-21(26-30(3,28)29)22(27)16-20-9-5-8-19(23(20)25)10-12-24(2)13-14-24/h5,8-9,18,21-22,26H,1,4,6-7,11,13-16H2,2-3H3. The van der Waals surface area contributed by atoms with Gasteiger partial charge in [0.25, 0.3) is 0 Å². The molecule has 1 heterocycles. The minimum Gasteiger partial charge on any atom is -0.370 e. The fourth-order valence-corrected chi connectivity index (χ4v) is 5.27. The van der Waals surface area contributed by atoms with Crippen molar-refractivity contribution in [3.05, 3.63) is 47.4 Å². The zero-order chi connectivity index (χ0) is 21.5. The molecule has 2 atom stereocenters. The summed E-state index contributed by atoms with van der Waals surface area (Å²) in [5.41, 5.74) is 2.12. The first kappa shape index (κ1) is 21.4. The molecule has 2 saturated carbocycles. The molecule has 0 amide bonds. The van der Waals surface area contributed by atoms with Gasteiger partial charge in [-0.1, -0.05) is 37.0 Å². The zero-order valence-electron chi connectivity index (χ0n) is 17.9. The van der Waals surface area contributed by atoms with Crippen molar-refractivity contribution in [2.75, 3.05) is 12.8 Å². The predicted molar refractivity (Wildman–Crippen MR) is 118 cm³/mol. The Morgan fingerprint density at radius 1 is 1.33 bits per heavy atom. The highest BCUT2D eigenvalue weighted by Gasteiger charge is 2.39. The molecule has 2 aliphatic carbocycles. The van der Waals surface area contributed by atoms with Crippen LogP contribution in [0.1, 0.15) is 56.6 Å². The van der Waals surface area contributed by atoms with E-state index >= 15 is 4.39 Å². The molecule has 4 rings (SSSR count). The molecule has 1 aromatic carbocycles. The summed E-state index contributed by atoms with van der Waals surface area (Å²) in [6, 6.07) is 4.96. The van der Waals surface area contributed by atoms with Gasteiger partial charge in [-0.2, -0.15) is 0 Å². The van der Waals surface area contributed by atoms with Crippen LogP contribution in [0.5, 0.6) is 0 Å². The highest BCUT2D eigenvalue weighted by atomic mass is 32.2. The third-order valence-corrected chi connectivity index (χ3v) is 7.59. The van der Waals surface area contributed by atoms with Gasteiger partial charge < -0.3 is 4.90 Å². The number of sulfonamides is 1. The van der Waals surface area contributed by atoms with Crippen molar-refractivity contribution in [1.29, 1.82) is 0 Å². The van der Waals surface area contributed by atoms with Crippen LogP contribution in [-0.4, -0.2) is 38.2 Å². The van der Waals surface area contributed by atoms with Crippen molar-refractivity contribution in [1.82, 2.24) is 9.62 Å². The Morgan fingerprint density at radius 2 is 2.07 bits per heavy atom. The lowest BCUT2D eigenvalue weighted by Gasteiger charge is -2.38. The molecule has 162 valence electrons. The number of nitrogens with zero attached hydrogens (tertiary/aromatic N) is 1. The van der Waals surface area contributed by atoms with Gasteiger partial charge in [-0.3, -0.25) is 0 Å². The summed E-state index contributed by atoms with van der Waals surface area (Å²) in [7, 11) is -3.35. The third kappa shape index (κ3) is 4.73. The average molecular weight is 431 g/mol. The van der Waals surface area contributed by atoms with Crippen molar-refractivity contribution in [3.8, 4) is 11.8 Å². The summed E-state index contributed by atoms with van der Waals surface area (Å²) in [5.74, 6) is 6.41. The van der Waals surface area contributed by atoms with Crippen LogP contribution in [0, 0.1) is 29.0 Å². The molecule has 3 fully saturated rings. The lowest BCUT2D eigenvalue weighted by Crippen LogP contribution is -2.46. The Kier molecular flexibility index (Phi) is 5.71. The lowest BCUT2D eigenvalue weighted by atomic mass is 9.82. The van der Waals surface area contributed by atoms with E-state index in [2.05, 4.69) is 35.0 Å². The van der Waals surface area contributed by atoms with Gasteiger partial charge in [0.05, 0.1) is 11.8 Å². The van der Waals surface area contributed by atoms with Gasteiger partial charge in [-0.25, -0.2) is 17.5 Å². The number of nitrogens with one attached hydrogen (secondary N) is 1. The van der Waals surface area contributed by atoms with Gasteiger partial charge in [0.1, 0.15) is 5.82 Å². The zero-order valence-corrected chi connectivity index (χ0v) is 18.7. The van der Waals surface area contributed by atoms with Gasteiger partial charge in [-0.15, -0.1) is 0 Å². The molecule has 2 unspecified atom stereocenters. The Labute approximate surface area is 180 Å². The third-order valence-electron chi connectivity index (χ3n) is 6.86. The van der Waals surface area contributed by atoms with Crippen LogP contribution in [0.25, 0.3) is 0 Å². The second-order valence-corrected chi connectivity index (χ2v) is 11.2. The van der Waals surface area contributed by atoms with Gasteiger partial charge >= 0.3 is 0 Å². The number of rotatable bonds is 6. The quantitative estimate of drug-likeness (QED) is 0.698. The van der Waals surface area contributed by atoms with E-state index in [1.54, 1.807) is 12.1 Å². The van der Waals surface area contributed by atoms with Crippen LogP contribution in [-0.2, 0) is 16.4 Å². The molecule has 0 radical (unpaired) electrons. The molecule has 0 bridgehead atoms. The molecule has 1 N–H and O–H groups in total. The fraction of sp³-hybridized carbons (Fsp3) is 0.583. The van der Waals surface area contributed by atoms with Crippen LogP contribution < -0.4 is 4.72 Å². The van der Waals surface area contributed by atoms with Gasteiger partial charge in [0.15, 0.2) is 0 Å².